The first kappa shape index (κ1) is 16.9. The molecule has 0 amide bonds. The van der Waals surface area contributed by atoms with Gasteiger partial charge in [0.25, 0.3) is 0 Å². The van der Waals surface area contributed by atoms with E-state index in [1.807, 2.05) is 0 Å². The topological polar surface area (TPSA) is 105 Å². The normalized spacial score (nSPS) is 13.1. The van der Waals surface area contributed by atoms with Gasteiger partial charge in [0.1, 0.15) is 11.2 Å². The van der Waals surface area contributed by atoms with Gasteiger partial charge in [0, 0.05) is 6.54 Å². The monoisotopic (exact) mass is 260 g/mol. The molecule has 0 rings (SSSR count). The highest BCUT2D eigenvalue weighted by atomic mass is 16.6. The highest BCUT2D eigenvalue weighted by molar-refractivity contribution is 6.05. The van der Waals surface area contributed by atoms with Gasteiger partial charge in [-0.25, -0.2) is 9.59 Å². The Balaban J connectivity index is 5.01. The van der Waals surface area contributed by atoms with E-state index in [1.165, 1.54) is 0 Å². The molecule has 0 radical (unpaired) electrons. The maximum absolute atomic E-state index is 11.9. The second-order valence-corrected chi connectivity index (χ2v) is 6.18. The summed E-state index contributed by atoms with van der Waals surface area (Å²) in [5, 5.41) is 0. The summed E-state index contributed by atoms with van der Waals surface area (Å²) in [6, 6.07) is 0. The summed E-state index contributed by atoms with van der Waals surface area (Å²) in [7, 11) is 0. The molecule has 0 aromatic heterocycles. The lowest BCUT2D eigenvalue weighted by Gasteiger charge is -2.31. The lowest BCUT2D eigenvalue weighted by molar-refractivity contribution is -0.176. The van der Waals surface area contributed by atoms with Gasteiger partial charge in [-0.1, -0.05) is 0 Å². The molecule has 0 aromatic carbocycles. The van der Waals surface area contributed by atoms with Gasteiger partial charge in [-0.2, -0.15) is 0 Å². The zero-order valence-electron chi connectivity index (χ0n) is 12.0. The molecule has 0 spiro atoms. The zero-order chi connectivity index (χ0) is 14.8. The van der Waals surface area contributed by atoms with E-state index in [-0.39, 0.29) is 6.54 Å². The third kappa shape index (κ3) is 5.01. The number of hydrogen-bond donors (Lipinski definition) is 2. The average Bonchev–Trinajstić information content (AvgIpc) is 2.10. The van der Waals surface area contributed by atoms with E-state index < -0.39 is 28.7 Å². The van der Waals surface area contributed by atoms with Crippen LogP contribution in [0, 0.1) is 0 Å². The second-order valence-electron chi connectivity index (χ2n) is 6.18. The SMILES string of the molecule is CC(C)(C)OC(=O)C(N)(CN)C(=O)OC(C)(C)C. The molecule has 0 aliphatic rings. The number of hydrogen-bond acceptors (Lipinski definition) is 6. The van der Waals surface area contributed by atoms with Crippen LogP contribution in [0.3, 0.4) is 0 Å². The minimum absolute atomic E-state index is 0.378. The molecule has 0 saturated heterocycles. The Morgan fingerprint density at radius 2 is 1.17 bits per heavy atom. The minimum Gasteiger partial charge on any atom is -0.458 e. The standard InChI is InChI=1S/C12H24N2O4/c1-10(2,3)17-8(15)12(14,7-13)9(16)18-11(4,5)6/h7,13-14H2,1-6H3. The van der Waals surface area contributed by atoms with Gasteiger partial charge in [-0.05, 0) is 41.5 Å². The van der Waals surface area contributed by atoms with Crippen molar-refractivity contribution < 1.29 is 19.1 Å². The van der Waals surface area contributed by atoms with Crippen molar-refractivity contribution in [2.24, 2.45) is 11.5 Å². The molecule has 6 nitrogen and oxygen atoms in total. The first-order valence-corrected chi connectivity index (χ1v) is 5.78. The highest BCUT2D eigenvalue weighted by Crippen LogP contribution is 2.17. The molecule has 0 fully saturated rings. The van der Waals surface area contributed by atoms with Crippen LogP contribution < -0.4 is 11.5 Å². The van der Waals surface area contributed by atoms with Crippen LogP contribution in [0.2, 0.25) is 0 Å². The summed E-state index contributed by atoms with van der Waals surface area (Å²) >= 11 is 0. The number of nitrogens with two attached hydrogens (primary N) is 2. The summed E-state index contributed by atoms with van der Waals surface area (Å²) in [6.07, 6.45) is 0. The number of carbonyl (C=O) groups excluding carboxylic acids is 2. The predicted molar refractivity (Wildman–Crippen MR) is 67.7 cm³/mol. The number of carbonyl (C=O) groups is 2. The van der Waals surface area contributed by atoms with Crippen molar-refractivity contribution in [3.8, 4) is 0 Å². The largest absolute Gasteiger partial charge is 0.458 e. The molecule has 4 N–H and O–H groups in total. The molecule has 0 aliphatic carbocycles. The van der Waals surface area contributed by atoms with E-state index in [0.29, 0.717) is 0 Å². The van der Waals surface area contributed by atoms with Crippen molar-refractivity contribution in [1.29, 1.82) is 0 Å². The van der Waals surface area contributed by atoms with E-state index in [9.17, 15) is 9.59 Å². The third-order valence-electron chi connectivity index (χ3n) is 1.85. The van der Waals surface area contributed by atoms with Gasteiger partial charge < -0.3 is 20.9 Å². The lowest BCUT2D eigenvalue weighted by atomic mass is 10.0. The quantitative estimate of drug-likeness (QED) is 0.559. The summed E-state index contributed by atoms with van der Waals surface area (Å²) in [6.45, 7) is 9.69. The van der Waals surface area contributed by atoms with Crippen LogP contribution >= 0.6 is 0 Å². The lowest BCUT2D eigenvalue weighted by Crippen LogP contribution is -2.63. The van der Waals surface area contributed by atoms with Crippen LogP contribution in [0.25, 0.3) is 0 Å². The maximum Gasteiger partial charge on any atom is 0.339 e. The fraction of sp³-hybridized carbons (Fsp3) is 0.833. The number of esters is 2. The fourth-order valence-corrected chi connectivity index (χ4v) is 0.988. The summed E-state index contributed by atoms with van der Waals surface area (Å²) in [5.41, 5.74) is 7.67. The molecular formula is C12H24N2O4. The van der Waals surface area contributed by atoms with Crippen LogP contribution in [0.15, 0.2) is 0 Å². The second kappa shape index (κ2) is 5.24. The Kier molecular flexibility index (Phi) is 4.91. The molecule has 0 heterocycles. The van der Waals surface area contributed by atoms with Gasteiger partial charge in [0.05, 0.1) is 0 Å². The molecule has 0 aliphatic heterocycles. The van der Waals surface area contributed by atoms with Crippen LogP contribution in [0.1, 0.15) is 41.5 Å². The molecule has 0 saturated carbocycles. The van der Waals surface area contributed by atoms with Crippen molar-refractivity contribution in [3.63, 3.8) is 0 Å². The summed E-state index contributed by atoms with van der Waals surface area (Å²) < 4.78 is 10.2. The average molecular weight is 260 g/mol. The van der Waals surface area contributed by atoms with Gasteiger partial charge in [-0.3, -0.25) is 0 Å². The van der Waals surface area contributed by atoms with Gasteiger partial charge in [0.15, 0.2) is 0 Å². The first-order chi connectivity index (χ1) is 7.82. The Bertz CT molecular complexity index is 298. The van der Waals surface area contributed by atoms with Crippen molar-refractivity contribution in [1.82, 2.24) is 0 Å². The van der Waals surface area contributed by atoms with E-state index in [4.69, 9.17) is 20.9 Å². The van der Waals surface area contributed by atoms with Gasteiger partial charge in [-0.15, -0.1) is 0 Å². The fourth-order valence-electron chi connectivity index (χ4n) is 0.988. The maximum atomic E-state index is 11.9. The van der Waals surface area contributed by atoms with E-state index >= 15 is 0 Å². The molecule has 0 unspecified atom stereocenters. The molecule has 0 atom stereocenters. The van der Waals surface area contributed by atoms with Crippen LogP contribution in [0.4, 0.5) is 0 Å². The van der Waals surface area contributed by atoms with Gasteiger partial charge >= 0.3 is 11.9 Å². The van der Waals surface area contributed by atoms with Crippen molar-refractivity contribution >= 4 is 11.9 Å². The molecule has 0 bridgehead atoms. The van der Waals surface area contributed by atoms with Gasteiger partial charge in [0.2, 0.25) is 5.54 Å². The number of rotatable bonds is 3. The van der Waals surface area contributed by atoms with Crippen LogP contribution in [0.5, 0.6) is 0 Å². The predicted octanol–water partition coefficient (Wildman–Crippen LogP) is 0.326. The van der Waals surface area contributed by atoms with E-state index in [1.54, 1.807) is 41.5 Å². The minimum atomic E-state index is -1.97. The Hall–Kier alpha value is -1.14. The molecule has 106 valence electrons. The van der Waals surface area contributed by atoms with Crippen molar-refractivity contribution in [2.75, 3.05) is 6.54 Å². The van der Waals surface area contributed by atoms with Crippen LogP contribution in [-0.4, -0.2) is 35.2 Å². The Labute approximate surface area is 108 Å². The van der Waals surface area contributed by atoms with E-state index in [2.05, 4.69) is 0 Å². The van der Waals surface area contributed by atoms with Crippen molar-refractivity contribution in [3.05, 3.63) is 0 Å². The Morgan fingerprint density at radius 1 is 0.889 bits per heavy atom. The molecular weight excluding hydrogens is 236 g/mol. The molecule has 0 aromatic rings. The smallest absolute Gasteiger partial charge is 0.339 e. The third-order valence-corrected chi connectivity index (χ3v) is 1.85. The first-order valence-electron chi connectivity index (χ1n) is 5.78. The van der Waals surface area contributed by atoms with E-state index in [0.717, 1.165) is 0 Å². The van der Waals surface area contributed by atoms with Crippen LogP contribution in [-0.2, 0) is 19.1 Å². The molecule has 18 heavy (non-hydrogen) atoms. The van der Waals surface area contributed by atoms with Crippen molar-refractivity contribution in [2.45, 2.75) is 58.3 Å². The Morgan fingerprint density at radius 3 is 1.33 bits per heavy atom. The summed E-state index contributed by atoms with van der Waals surface area (Å²) in [4.78, 5) is 23.8. The summed E-state index contributed by atoms with van der Waals surface area (Å²) in [5.74, 6) is -1.77. The molecule has 6 heteroatoms. The highest BCUT2D eigenvalue weighted by Gasteiger charge is 2.46. The number of ether oxygens (including phenoxy) is 2. The zero-order valence-corrected chi connectivity index (χ0v) is 12.0.